The number of amides is 2. The van der Waals surface area contributed by atoms with Gasteiger partial charge in [0.1, 0.15) is 0 Å². The first-order valence-corrected chi connectivity index (χ1v) is 7.38. The lowest BCUT2D eigenvalue weighted by molar-refractivity contribution is 0.0598. The molecule has 0 aliphatic carbocycles. The van der Waals surface area contributed by atoms with E-state index in [1.807, 2.05) is 0 Å². The minimum absolute atomic E-state index is 0.0785. The molecule has 0 radical (unpaired) electrons. The molecule has 0 fully saturated rings. The van der Waals surface area contributed by atoms with E-state index in [2.05, 4.69) is 14.8 Å². The third-order valence-electron chi connectivity index (χ3n) is 3.46. The molecule has 0 aliphatic heterocycles. The van der Waals surface area contributed by atoms with Crippen LogP contribution in [-0.2, 0) is 9.47 Å². The number of hydrogen-bond donors (Lipinski definition) is 2. The standard InChI is InChI=1S/C18H16N2O6/c1-25-17(23)12-7-13(18(24)26-2)9-14(8-12)20-16(22)11-5-3-10(4-6-11)15(19)21/h3-9H,1-2H3,(H2,19,21)(H,20,22). The molecule has 2 aromatic rings. The Balaban J connectivity index is 2.31. The second kappa shape index (κ2) is 7.93. The molecule has 0 saturated carbocycles. The first-order valence-electron chi connectivity index (χ1n) is 7.38. The lowest BCUT2D eigenvalue weighted by atomic mass is 10.1. The summed E-state index contributed by atoms with van der Waals surface area (Å²) in [6, 6.07) is 9.74. The molecule has 2 rings (SSSR count). The molecule has 0 bridgehead atoms. The molecule has 2 amide bonds. The minimum atomic E-state index is -0.669. The van der Waals surface area contributed by atoms with Gasteiger partial charge in [-0.2, -0.15) is 0 Å². The third kappa shape index (κ3) is 4.23. The monoisotopic (exact) mass is 356 g/mol. The van der Waals surface area contributed by atoms with Gasteiger partial charge in [0, 0.05) is 16.8 Å². The summed E-state index contributed by atoms with van der Waals surface area (Å²) in [4.78, 5) is 46.9. The average molecular weight is 356 g/mol. The lowest BCUT2D eigenvalue weighted by Gasteiger charge is -2.10. The third-order valence-corrected chi connectivity index (χ3v) is 3.46. The number of nitrogens with one attached hydrogen (secondary N) is 1. The first kappa shape index (κ1) is 18.7. The van der Waals surface area contributed by atoms with Gasteiger partial charge >= 0.3 is 11.9 Å². The second-order valence-corrected chi connectivity index (χ2v) is 5.18. The summed E-state index contributed by atoms with van der Waals surface area (Å²) < 4.78 is 9.27. The number of hydrogen-bond acceptors (Lipinski definition) is 6. The molecule has 8 heteroatoms. The molecule has 134 valence electrons. The molecule has 26 heavy (non-hydrogen) atoms. The van der Waals surface area contributed by atoms with Crippen LogP contribution in [-0.4, -0.2) is 38.0 Å². The van der Waals surface area contributed by atoms with Gasteiger partial charge in [0.05, 0.1) is 25.3 Å². The predicted octanol–water partition coefficient (Wildman–Crippen LogP) is 1.61. The van der Waals surface area contributed by atoms with Gasteiger partial charge in [-0.1, -0.05) is 0 Å². The Labute approximate surface area is 148 Å². The number of rotatable bonds is 5. The van der Waals surface area contributed by atoms with Crippen molar-refractivity contribution in [1.29, 1.82) is 0 Å². The summed E-state index contributed by atoms with van der Waals surface area (Å²) in [5, 5.41) is 2.57. The Morgan fingerprint density at radius 2 is 1.23 bits per heavy atom. The van der Waals surface area contributed by atoms with E-state index in [-0.39, 0.29) is 27.9 Å². The number of ether oxygens (including phenoxy) is 2. The van der Waals surface area contributed by atoms with E-state index in [0.717, 1.165) is 0 Å². The summed E-state index contributed by atoms with van der Waals surface area (Å²) in [5.74, 6) is -2.45. The number of benzene rings is 2. The Hall–Kier alpha value is -3.68. The molecule has 0 saturated heterocycles. The van der Waals surface area contributed by atoms with Gasteiger partial charge < -0.3 is 20.5 Å². The molecule has 0 unspecified atom stereocenters. The number of carbonyl (C=O) groups excluding carboxylic acids is 4. The Bertz CT molecular complexity index is 840. The summed E-state index contributed by atoms with van der Waals surface area (Å²) in [5.41, 5.74) is 6.04. The summed E-state index contributed by atoms with van der Waals surface area (Å²) in [7, 11) is 2.40. The number of esters is 2. The van der Waals surface area contributed by atoms with Crippen LogP contribution in [0.15, 0.2) is 42.5 Å². The van der Waals surface area contributed by atoms with Gasteiger partial charge in [0.2, 0.25) is 5.91 Å². The van der Waals surface area contributed by atoms with Crippen LogP contribution in [0, 0.1) is 0 Å². The van der Waals surface area contributed by atoms with Crippen molar-refractivity contribution in [2.45, 2.75) is 0 Å². The maximum Gasteiger partial charge on any atom is 0.337 e. The smallest absolute Gasteiger partial charge is 0.337 e. The van der Waals surface area contributed by atoms with Gasteiger partial charge in [-0.15, -0.1) is 0 Å². The van der Waals surface area contributed by atoms with Gasteiger partial charge in [-0.3, -0.25) is 9.59 Å². The van der Waals surface area contributed by atoms with E-state index in [0.29, 0.717) is 0 Å². The van der Waals surface area contributed by atoms with Gasteiger partial charge in [-0.25, -0.2) is 9.59 Å². The molecular weight excluding hydrogens is 340 g/mol. The topological polar surface area (TPSA) is 125 Å². The van der Waals surface area contributed by atoms with E-state index in [1.54, 1.807) is 0 Å². The fourth-order valence-electron chi connectivity index (χ4n) is 2.16. The lowest BCUT2D eigenvalue weighted by Crippen LogP contribution is -2.15. The maximum atomic E-state index is 12.3. The first-order chi connectivity index (χ1) is 12.3. The van der Waals surface area contributed by atoms with Crippen LogP contribution in [0.5, 0.6) is 0 Å². The highest BCUT2D eigenvalue weighted by atomic mass is 16.5. The van der Waals surface area contributed by atoms with Crippen LogP contribution in [0.4, 0.5) is 5.69 Å². The van der Waals surface area contributed by atoms with Gasteiger partial charge in [0.25, 0.3) is 5.91 Å². The van der Waals surface area contributed by atoms with Crippen LogP contribution in [0.2, 0.25) is 0 Å². The quantitative estimate of drug-likeness (QED) is 0.784. The highest BCUT2D eigenvalue weighted by Crippen LogP contribution is 2.18. The van der Waals surface area contributed by atoms with Crippen LogP contribution in [0.1, 0.15) is 41.4 Å². The van der Waals surface area contributed by atoms with Crippen molar-refractivity contribution in [1.82, 2.24) is 0 Å². The Morgan fingerprint density at radius 1 is 0.769 bits per heavy atom. The molecule has 3 N–H and O–H groups in total. The van der Waals surface area contributed by atoms with Crippen molar-refractivity contribution in [2.75, 3.05) is 19.5 Å². The molecule has 2 aromatic carbocycles. The molecule has 0 heterocycles. The van der Waals surface area contributed by atoms with Crippen LogP contribution in [0.3, 0.4) is 0 Å². The molecule has 0 aromatic heterocycles. The predicted molar refractivity (Wildman–Crippen MR) is 92.0 cm³/mol. The zero-order valence-corrected chi connectivity index (χ0v) is 14.1. The summed E-state index contributed by atoms with van der Waals surface area (Å²) >= 11 is 0. The Morgan fingerprint density at radius 3 is 1.65 bits per heavy atom. The summed E-state index contributed by atoms with van der Waals surface area (Å²) in [6.07, 6.45) is 0. The van der Waals surface area contributed by atoms with Crippen LogP contribution in [0.25, 0.3) is 0 Å². The highest BCUT2D eigenvalue weighted by molar-refractivity contribution is 6.06. The van der Waals surface area contributed by atoms with Crippen molar-refractivity contribution in [2.24, 2.45) is 5.73 Å². The molecule has 0 spiro atoms. The SMILES string of the molecule is COC(=O)c1cc(NC(=O)c2ccc(C(N)=O)cc2)cc(C(=O)OC)c1. The summed E-state index contributed by atoms with van der Waals surface area (Å²) in [6.45, 7) is 0. The van der Waals surface area contributed by atoms with E-state index < -0.39 is 23.8 Å². The van der Waals surface area contributed by atoms with Crippen molar-refractivity contribution >= 4 is 29.4 Å². The van der Waals surface area contributed by atoms with E-state index in [1.165, 1.54) is 56.7 Å². The van der Waals surface area contributed by atoms with Crippen molar-refractivity contribution in [3.8, 4) is 0 Å². The number of methoxy groups -OCH3 is 2. The van der Waals surface area contributed by atoms with Gasteiger partial charge in [-0.05, 0) is 42.5 Å². The zero-order valence-electron chi connectivity index (χ0n) is 14.1. The van der Waals surface area contributed by atoms with E-state index in [9.17, 15) is 19.2 Å². The number of nitrogens with two attached hydrogens (primary N) is 1. The van der Waals surface area contributed by atoms with Crippen molar-refractivity contribution in [3.63, 3.8) is 0 Å². The average Bonchev–Trinajstić information content (AvgIpc) is 2.66. The highest BCUT2D eigenvalue weighted by Gasteiger charge is 2.15. The van der Waals surface area contributed by atoms with Gasteiger partial charge in [0.15, 0.2) is 0 Å². The fraction of sp³-hybridized carbons (Fsp3) is 0.111. The molecule has 0 aliphatic rings. The Kier molecular flexibility index (Phi) is 5.69. The zero-order chi connectivity index (χ0) is 19.3. The van der Waals surface area contributed by atoms with E-state index >= 15 is 0 Å². The maximum absolute atomic E-state index is 12.3. The van der Waals surface area contributed by atoms with Crippen LogP contribution < -0.4 is 11.1 Å². The number of carbonyl (C=O) groups is 4. The van der Waals surface area contributed by atoms with Crippen LogP contribution >= 0.6 is 0 Å². The number of primary amides is 1. The number of anilines is 1. The largest absolute Gasteiger partial charge is 0.465 e. The van der Waals surface area contributed by atoms with Crippen molar-refractivity contribution in [3.05, 3.63) is 64.7 Å². The molecule has 0 atom stereocenters. The molecular formula is C18H16N2O6. The minimum Gasteiger partial charge on any atom is -0.465 e. The fourth-order valence-corrected chi connectivity index (χ4v) is 2.16. The normalized spacial score (nSPS) is 9.92. The second-order valence-electron chi connectivity index (χ2n) is 5.18. The van der Waals surface area contributed by atoms with Crippen molar-refractivity contribution < 1.29 is 28.7 Å². The van der Waals surface area contributed by atoms with E-state index in [4.69, 9.17) is 5.73 Å². The molecule has 8 nitrogen and oxygen atoms in total.